The summed E-state index contributed by atoms with van der Waals surface area (Å²) in [4.78, 5) is 10.8. The number of hydrogen-bond acceptors (Lipinski definition) is 4. The lowest BCUT2D eigenvalue weighted by Gasteiger charge is -2.13. The van der Waals surface area contributed by atoms with Crippen LogP contribution in [0.1, 0.15) is 25.7 Å². The van der Waals surface area contributed by atoms with Gasteiger partial charge in [0.15, 0.2) is 0 Å². The number of nitrogens with zero attached hydrogens (tertiary/aromatic N) is 1. The zero-order valence-corrected chi connectivity index (χ0v) is 9.81. The molecule has 1 aliphatic heterocycles. The number of thioether (sulfide) groups is 1. The van der Waals surface area contributed by atoms with Crippen molar-refractivity contribution in [1.29, 1.82) is 5.26 Å². The molecule has 1 aliphatic rings. The third-order valence-electron chi connectivity index (χ3n) is 2.29. The lowest BCUT2D eigenvalue weighted by Crippen LogP contribution is -2.16. The second-order valence-electron chi connectivity index (χ2n) is 3.74. The molecule has 0 bridgehead atoms. The molecule has 0 N–H and O–H groups in total. The Hall–Kier alpha value is -0.900. The molecule has 1 heterocycles. The van der Waals surface area contributed by atoms with Crippen molar-refractivity contribution in [2.24, 2.45) is 0 Å². The summed E-state index contributed by atoms with van der Waals surface area (Å²) in [6.07, 6.45) is -4.21. The summed E-state index contributed by atoms with van der Waals surface area (Å²) in [5, 5.41) is 8.24. The summed E-state index contributed by atoms with van der Waals surface area (Å²) < 4.78 is 40.6. The van der Waals surface area contributed by atoms with Crippen LogP contribution in [0.4, 0.5) is 13.2 Å². The molecule has 2 unspecified atom stereocenters. The van der Waals surface area contributed by atoms with Gasteiger partial charge in [0, 0.05) is 18.6 Å². The fraction of sp³-hybridized carbons (Fsp3) is 0.800. The van der Waals surface area contributed by atoms with Gasteiger partial charge in [0.2, 0.25) is 0 Å². The molecule has 7 heteroatoms. The molecule has 0 aromatic carbocycles. The van der Waals surface area contributed by atoms with E-state index in [-0.39, 0.29) is 17.8 Å². The Labute approximate surface area is 101 Å². The first kappa shape index (κ1) is 14.2. The maximum atomic E-state index is 11.9. The highest BCUT2D eigenvalue weighted by Gasteiger charge is 2.29. The highest BCUT2D eigenvalue weighted by Crippen LogP contribution is 2.27. The summed E-state index contributed by atoms with van der Waals surface area (Å²) in [5.74, 6) is -0.436. The van der Waals surface area contributed by atoms with Crippen molar-refractivity contribution in [2.45, 2.75) is 43.2 Å². The summed E-state index contributed by atoms with van der Waals surface area (Å²) >= 11 is 0.964. The maximum Gasteiger partial charge on any atom is 0.389 e. The fourth-order valence-corrected chi connectivity index (χ4v) is 2.52. The van der Waals surface area contributed by atoms with Crippen LogP contribution >= 0.6 is 11.8 Å². The molecular weight excluding hydrogens is 255 g/mol. The van der Waals surface area contributed by atoms with Gasteiger partial charge < -0.3 is 4.74 Å². The molecule has 0 saturated carbocycles. The predicted molar refractivity (Wildman–Crippen MR) is 56.3 cm³/mol. The number of esters is 1. The highest BCUT2D eigenvalue weighted by atomic mass is 32.2. The topological polar surface area (TPSA) is 50.1 Å². The Morgan fingerprint density at radius 1 is 1.59 bits per heavy atom. The molecule has 0 aromatic heterocycles. The average molecular weight is 267 g/mol. The van der Waals surface area contributed by atoms with Gasteiger partial charge in [-0.1, -0.05) is 0 Å². The van der Waals surface area contributed by atoms with Crippen LogP contribution < -0.4 is 0 Å². The SMILES string of the molecule is N#CC(CC1CCC(=O)O1)SCCC(F)(F)F. The fourth-order valence-electron chi connectivity index (χ4n) is 1.46. The highest BCUT2D eigenvalue weighted by molar-refractivity contribution is 8.00. The molecule has 1 rings (SSSR count). The normalized spacial score (nSPS) is 22.0. The minimum absolute atomic E-state index is 0.137. The van der Waals surface area contributed by atoms with E-state index < -0.39 is 17.8 Å². The Kier molecular flexibility index (Phi) is 5.12. The second kappa shape index (κ2) is 6.15. The van der Waals surface area contributed by atoms with Crippen LogP contribution in [0.25, 0.3) is 0 Å². The first-order valence-electron chi connectivity index (χ1n) is 5.18. The largest absolute Gasteiger partial charge is 0.462 e. The number of carbonyl (C=O) groups is 1. The average Bonchev–Trinajstić information content (AvgIpc) is 2.60. The summed E-state index contributed by atoms with van der Waals surface area (Å²) in [5.41, 5.74) is 0. The molecule has 0 aromatic rings. The zero-order chi connectivity index (χ0) is 12.9. The number of halogens is 3. The number of hydrogen-bond donors (Lipinski definition) is 0. The van der Waals surface area contributed by atoms with Gasteiger partial charge in [-0.3, -0.25) is 4.79 Å². The van der Waals surface area contributed by atoms with Crippen LogP contribution in [-0.2, 0) is 9.53 Å². The van der Waals surface area contributed by atoms with E-state index in [1.807, 2.05) is 6.07 Å². The van der Waals surface area contributed by atoms with E-state index in [0.29, 0.717) is 19.3 Å². The predicted octanol–water partition coefficient (Wildman–Crippen LogP) is 2.66. The molecule has 3 nitrogen and oxygen atoms in total. The van der Waals surface area contributed by atoms with Crippen LogP contribution in [0.3, 0.4) is 0 Å². The standard InChI is InChI=1S/C10H12F3NO2S/c11-10(12,13)3-4-17-8(6-14)5-7-1-2-9(15)16-7/h7-8H,1-5H2. The van der Waals surface area contributed by atoms with E-state index in [9.17, 15) is 18.0 Å². The van der Waals surface area contributed by atoms with E-state index >= 15 is 0 Å². The van der Waals surface area contributed by atoms with Crippen LogP contribution in [0.15, 0.2) is 0 Å². The van der Waals surface area contributed by atoms with E-state index in [1.54, 1.807) is 0 Å². The molecule has 0 spiro atoms. The molecule has 0 aliphatic carbocycles. The number of ether oxygens (including phenoxy) is 1. The third kappa shape index (κ3) is 5.82. The Morgan fingerprint density at radius 3 is 2.76 bits per heavy atom. The quantitative estimate of drug-likeness (QED) is 0.718. The Balaban J connectivity index is 2.25. The number of nitriles is 1. The van der Waals surface area contributed by atoms with Crippen molar-refractivity contribution < 1.29 is 22.7 Å². The van der Waals surface area contributed by atoms with Gasteiger partial charge in [0.05, 0.1) is 17.7 Å². The van der Waals surface area contributed by atoms with Gasteiger partial charge in [-0.2, -0.15) is 18.4 Å². The molecule has 96 valence electrons. The Bertz CT molecular complexity index is 314. The lowest BCUT2D eigenvalue weighted by atomic mass is 10.1. The van der Waals surface area contributed by atoms with E-state index in [4.69, 9.17) is 10.00 Å². The van der Waals surface area contributed by atoms with Gasteiger partial charge in [-0.25, -0.2) is 0 Å². The van der Waals surface area contributed by atoms with E-state index in [1.165, 1.54) is 0 Å². The minimum Gasteiger partial charge on any atom is -0.462 e. The molecule has 17 heavy (non-hydrogen) atoms. The van der Waals surface area contributed by atoms with E-state index in [0.717, 1.165) is 11.8 Å². The van der Waals surface area contributed by atoms with Gasteiger partial charge in [0.1, 0.15) is 6.10 Å². The smallest absolute Gasteiger partial charge is 0.389 e. The number of cyclic esters (lactones) is 1. The third-order valence-corrected chi connectivity index (χ3v) is 3.43. The summed E-state index contributed by atoms with van der Waals surface area (Å²) in [7, 11) is 0. The number of carbonyl (C=O) groups excluding carboxylic acids is 1. The van der Waals surface area contributed by atoms with E-state index in [2.05, 4.69) is 0 Å². The van der Waals surface area contributed by atoms with Crippen molar-refractivity contribution in [3.8, 4) is 6.07 Å². The number of alkyl halides is 3. The monoisotopic (exact) mass is 267 g/mol. The maximum absolute atomic E-state index is 11.9. The van der Waals surface area contributed by atoms with Crippen LogP contribution in [0, 0.1) is 11.3 Å². The van der Waals surface area contributed by atoms with Crippen LogP contribution in [0.5, 0.6) is 0 Å². The Morgan fingerprint density at radius 2 is 2.29 bits per heavy atom. The van der Waals surface area contributed by atoms with Crippen molar-refractivity contribution >= 4 is 17.7 Å². The molecule has 2 atom stereocenters. The molecular formula is C10H12F3NO2S. The van der Waals surface area contributed by atoms with Gasteiger partial charge >= 0.3 is 12.1 Å². The van der Waals surface area contributed by atoms with Crippen molar-refractivity contribution in [2.75, 3.05) is 5.75 Å². The minimum atomic E-state index is -4.19. The van der Waals surface area contributed by atoms with Crippen molar-refractivity contribution in [1.82, 2.24) is 0 Å². The zero-order valence-electron chi connectivity index (χ0n) is 9.00. The lowest BCUT2D eigenvalue weighted by molar-refractivity contribution is -0.141. The number of rotatable bonds is 5. The second-order valence-corrected chi connectivity index (χ2v) is 5.05. The van der Waals surface area contributed by atoms with Crippen molar-refractivity contribution in [3.63, 3.8) is 0 Å². The van der Waals surface area contributed by atoms with Gasteiger partial charge in [-0.15, -0.1) is 11.8 Å². The first-order chi connectivity index (χ1) is 7.90. The molecule has 1 saturated heterocycles. The molecule has 0 amide bonds. The summed E-state index contributed by atoms with van der Waals surface area (Å²) in [6.45, 7) is 0. The van der Waals surface area contributed by atoms with Crippen molar-refractivity contribution in [3.05, 3.63) is 0 Å². The summed E-state index contributed by atoms with van der Waals surface area (Å²) in [6, 6.07) is 1.93. The van der Waals surface area contributed by atoms with Gasteiger partial charge in [-0.05, 0) is 6.42 Å². The molecule has 0 radical (unpaired) electrons. The van der Waals surface area contributed by atoms with Crippen LogP contribution in [0.2, 0.25) is 0 Å². The molecule has 1 fully saturated rings. The first-order valence-corrected chi connectivity index (χ1v) is 6.23. The van der Waals surface area contributed by atoms with Crippen LogP contribution in [-0.4, -0.2) is 29.3 Å². The van der Waals surface area contributed by atoms with Gasteiger partial charge in [0.25, 0.3) is 0 Å².